The number of carbonyl (C=O) groups is 1. The monoisotopic (exact) mass is 398 g/mol. The summed E-state index contributed by atoms with van der Waals surface area (Å²) < 4.78 is 5.92. The molecule has 0 bridgehead atoms. The lowest BCUT2D eigenvalue weighted by Gasteiger charge is -2.30. The Labute approximate surface area is 173 Å². The van der Waals surface area contributed by atoms with Crippen molar-refractivity contribution in [3.8, 4) is 0 Å². The summed E-state index contributed by atoms with van der Waals surface area (Å²) in [5, 5.41) is 0. The fraction of sp³-hybridized carbons (Fsp3) is 0.875. The molecular formula is C24H43ClO2. The molecule has 0 amide bonds. The Balaban J connectivity index is 1.90. The summed E-state index contributed by atoms with van der Waals surface area (Å²) in [4.78, 5) is 12.3. The standard InChI is InChI=1S/C24H43ClO2/c1-21-22(17-18-24(2,3)23(21)26)27-20-16-14-12-10-8-6-4-5-7-9-11-13-15-19-25/h4-20H2,1-3H3. The van der Waals surface area contributed by atoms with Gasteiger partial charge in [-0.05, 0) is 26.2 Å². The number of carbonyl (C=O) groups excluding carboxylic acids is 1. The summed E-state index contributed by atoms with van der Waals surface area (Å²) in [5.41, 5.74) is 0.645. The molecule has 0 fully saturated rings. The number of ether oxygens (including phenoxy) is 1. The van der Waals surface area contributed by atoms with Gasteiger partial charge in [0, 0.05) is 23.3 Å². The molecule has 0 heterocycles. The van der Waals surface area contributed by atoms with Crippen molar-refractivity contribution in [2.24, 2.45) is 5.41 Å². The second-order valence-electron chi connectivity index (χ2n) is 8.89. The highest BCUT2D eigenvalue weighted by Crippen LogP contribution is 2.35. The number of halogens is 1. The topological polar surface area (TPSA) is 26.3 Å². The van der Waals surface area contributed by atoms with E-state index in [-0.39, 0.29) is 11.2 Å². The molecule has 3 heteroatoms. The van der Waals surface area contributed by atoms with Gasteiger partial charge >= 0.3 is 0 Å². The number of alkyl halides is 1. The summed E-state index contributed by atoms with van der Waals surface area (Å²) in [5.74, 6) is 2.03. The van der Waals surface area contributed by atoms with Crippen molar-refractivity contribution in [1.29, 1.82) is 0 Å². The fourth-order valence-corrected chi connectivity index (χ4v) is 4.07. The molecule has 0 N–H and O–H groups in total. The molecule has 0 spiro atoms. The Morgan fingerprint density at radius 1 is 0.815 bits per heavy atom. The molecule has 0 saturated carbocycles. The van der Waals surface area contributed by atoms with Crippen LogP contribution in [0.5, 0.6) is 0 Å². The maximum atomic E-state index is 12.3. The van der Waals surface area contributed by atoms with Gasteiger partial charge in [-0.25, -0.2) is 0 Å². The highest BCUT2D eigenvalue weighted by atomic mass is 35.5. The summed E-state index contributed by atoms with van der Waals surface area (Å²) in [7, 11) is 0. The molecule has 0 aromatic heterocycles. The van der Waals surface area contributed by atoms with Gasteiger partial charge < -0.3 is 4.74 Å². The first-order valence-corrected chi connectivity index (χ1v) is 12.0. The predicted octanol–water partition coefficient (Wildman–Crippen LogP) is 7.98. The van der Waals surface area contributed by atoms with Crippen molar-refractivity contribution in [3.05, 3.63) is 11.3 Å². The highest BCUT2D eigenvalue weighted by molar-refractivity contribution is 6.17. The molecule has 158 valence electrons. The first kappa shape index (κ1) is 24.5. The van der Waals surface area contributed by atoms with Gasteiger partial charge in [0.15, 0.2) is 5.78 Å². The van der Waals surface area contributed by atoms with E-state index in [4.69, 9.17) is 16.3 Å². The quantitative estimate of drug-likeness (QED) is 0.194. The zero-order chi connectivity index (χ0) is 20.0. The minimum absolute atomic E-state index is 0.207. The smallest absolute Gasteiger partial charge is 0.167 e. The van der Waals surface area contributed by atoms with E-state index in [0.717, 1.165) is 43.1 Å². The van der Waals surface area contributed by atoms with Crippen LogP contribution in [0.1, 0.15) is 117 Å². The van der Waals surface area contributed by atoms with E-state index >= 15 is 0 Å². The number of allylic oxidation sites excluding steroid dienone is 2. The first-order chi connectivity index (χ1) is 13.0. The van der Waals surface area contributed by atoms with E-state index in [1.165, 1.54) is 77.0 Å². The summed E-state index contributed by atoms with van der Waals surface area (Å²) >= 11 is 5.69. The van der Waals surface area contributed by atoms with Crippen LogP contribution in [-0.4, -0.2) is 18.3 Å². The van der Waals surface area contributed by atoms with Crippen LogP contribution in [0.15, 0.2) is 11.3 Å². The van der Waals surface area contributed by atoms with Crippen LogP contribution in [0.2, 0.25) is 0 Å². The average Bonchev–Trinajstić information content (AvgIpc) is 2.65. The Hall–Kier alpha value is -0.500. The molecule has 0 aromatic carbocycles. The summed E-state index contributed by atoms with van der Waals surface area (Å²) in [6.07, 6.45) is 19.0. The molecule has 2 nitrogen and oxygen atoms in total. The number of Topliss-reactive ketones (excluding diaryl/α,β-unsaturated/α-hetero) is 1. The van der Waals surface area contributed by atoms with Gasteiger partial charge in [-0.1, -0.05) is 84.5 Å². The van der Waals surface area contributed by atoms with E-state index < -0.39 is 0 Å². The fourth-order valence-electron chi connectivity index (χ4n) is 3.88. The van der Waals surface area contributed by atoms with Crippen LogP contribution in [-0.2, 0) is 9.53 Å². The second-order valence-corrected chi connectivity index (χ2v) is 9.27. The van der Waals surface area contributed by atoms with E-state index in [1.807, 2.05) is 20.8 Å². The number of ketones is 1. The molecule has 1 aliphatic carbocycles. The number of rotatable bonds is 16. The van der Waals surface area contributed by atoms with Crippen LogP contribution >= 0.6 is 11.6 Å². The lowest BCUT2D eigenvalue weighted by molar-refractivity contribution is -0.124. The minimum Gasteiger partial charge on any atom is -0.498 e. The molecule has 1 aliphatic rings. The Morgan fingerprint density at radius 3 is 1.74 bits per heavy atom. The molecule has 0 aromatic rings. The molecule has 0 saturated heterocycles. The third-order valence-electron chi connectivity index (χ3n) is 5.90. The molecule has 0 atom stereocenters. The van der Waals surface area contributed by atoms with E-state index in [0.29, 0.717) is 0 Å². The van der Waals surface area contributed by atoms with Gasteiger partial charge in [0.25, 0.3) is 0 Å². The van der Waals surface area contributed by atoms with E-state index in [9.17, 15) is 4.79 Å². The highest BCUT2D eigenvalue weighted by Gasteiger charge is 2.34. The second kappa shape index (κ2) is 14.5. The van der Waals surface area contributed by atoms with E-state index in [2.05, 4.69) is 0 Å². The van der Waals surface area contributed by atoms with Gasteiger partial charge in [-0.15, -0.1) is 11.6 Å². The van der Waals surface area contributed by atoms with Crippen molar-refractivity contribution < 1.29 is 9.53 Å². The van der Waals surface area contributed by atoms with Crippen LogP contribution in [0.3, 0.4) is 0 Å². The van der Waals surface area contributed by atoms with Gasteiger partial charge in [-0.3, -0.25) is 4.79 Å². The largest absolute Gasteiger partial charge is 0.498 e. The molecule has 0 unspecified atom stereocenters. The van der Waals surface area contributed by atoms with Crippen molar-refractivity contribution in [3.63, 3.8) is 0 Å². The van der Waals surface area contributed by atoms with Gasteiger partial charge in [0.2, 0.25) is 0 Å². The Bertz CT molecular complexity index is 440. The zero-order valence-corrected chi connectivity index (χ0v) is 19.0. The van der Waals surface area contributed by atoms with Gasteiger partial charge in [0.05, 0.1) is 6.61 Å². The zero-order valence-electron chi connectivity index (χ0n) is 18.2. The molecule has 27 heavy (non-hydrogen) atoms. The van der Waals surface area contributed by atoms with Crippen LogP contribution in [0.25, 0.3) is 0 Å². The van der Waals surface area contributed by atoms with Crippen LogP contribution in [0, 0.1) is 5.41 Å². The first-order valence-electron chi connectivity index (χ1n) is 11.4. The van der Waals surface area contributed by atoms with Crippen LogP contribution < -0.4 is 0 Å². The van der Waals surface area contributed by atoms with Crippen molar-refractivity contribution in [1.82, 2.24) is 0 Å². The van der Waals surface area contributed by atoms with Gasteiger partial charge in [0.1, 0.15) is 5.76 Å². The lowest BCUT2D eigenvalue weighted by Crippen LogP contribution is -2.30. The summed E-state index contributed by atoms with van der Waals surface area (Å²) in [6, 6.07) is 0. The molecule has 0 aliphatic heterocycles. The molecule has 1 rings (SSSR count). The van der Waals surface area contributed by atoms with Gasteiger partial charge in [-0.2, -0.15) is 0 Å². The van der Waals surface area contributed by atoms with Crippen LogP contribution in [0.4, 0.5) is 0 Å². The maximum Gasteiger partial charge on any atom is 0.167 e. The van der Waals surface area contributed by atoms with E-state index in [1.54, 1.807) is 0 Å². The minimum atomic E-state index is -0.207. The number of unbranched alkanes of at least 4 members (excludes halogenated alkanes) is 12. The van der Waals surface area contributed by atoms with Crippen molar-refractivity contribution in [2.45, 2.75) is 117 Å². The van der Waals surface area contributed by atoms with Crippen molar-refractivity contribution in [2.75, 3.05) is 12.5 Å². The average molecular weight is 399 g/mol. The lowest BCUT2D eigenvalue weighted by atomic mass is 9.76. The third kappa shape index (κ3) is 10.6. The SMILES string of the molecule is CC1=C(OCCCCCCCCCCCCCCCCl)CCC(C)(C)C1=O. The number of hydrogen-bond donors (Lipinski definition) is 0. The molecule has 0 radical (unpaired) electrons. The Morgan fingerprint density at radius 2 is 1.26 bits per heavy atom. The number of hydrogen-bond acceptors (Lipinski definition) is 2. The Kier molecular flexibility index (Phi) is 13.2. The van der Waals surface area contributed by atoms with Crippen molar-refractivity contribution >= 4 is 17.4 Å². The maximum absolute atomic E-state index is 12.3. The normalized spacial score (nSPS) is 16.8. The third-order valence-corrected chi connectivity index (χ3v) is 6.17. The molecular weight excluding hydrogens is 356 g/mol. The summed E-state index contributed by atoms with van der Waals surface area (Å²) in [6.45, 7) is 6.78. The predicted molar refractivity (Wildman–Crippen MR) is 117 cm³/mol.